The number of aromatic amines is 1. The van der Waals surface area contributed by atoms with E-state index in [0.29, 0.717) is 18.0 Å². The Balaban J connectivity index is 1.36. The second-order valence-corrected chi connectivity index (χ2v) is 6.56. The van der Waals surface area contributed by atoms with E-state index in [1.165, 1.54) is 6.33 Å². The first-order valence-electron chi connectivity index (χ1n) is 8.47. The van der Waals surface area contributed by atoms with E-state index in [1.54, 1.807) is 0 Å². The molecule has 1 saturated heterocycles. The molecule has 7 nitrogen and oxygen atoms in total. The van der Waals surface area contributed by atoms with Crippen molar-refractivity contribution in [1.82, 2.24) is 25.5 Å². The minimum Gasteiger partial charge on any atom is -0.365 e. The average molecular weight is 327 g/mol. The molecule has 2 fully saturated rings. The number of carbonyl (C=O) groups excluding carboxylic acids is 1. The highest BCUT2D eigenvalue weighted by molar-refractivity contribution is 5.95. The average Bonchev–Trinajstić information content (AvgIpc) is 3.09. The van der Waals surface area contributed by atoms with Gasteiger partial charge in [-0.3, -0.25) is 14.9 Å². The standard InChI is InChI=1S/C17H21N5O2/c1-10-2-6-13(15(21-10)11-3-4-11)17(23)18-8-12-5-7-14(24-12)16-19-9-20-22-16/h2,6,9,11-12,14H,3-5,7-8H2,1H3,(H,18,23)(H,19,20,22)/t12-,14+/m1/s1. The van der Waals surface area contributed by atoms with Gasteiger partial charge in [0.1, 0.15) is 12.4 Å². The predicted molar refractivity (Wildman–Crippen MR) is 86.5 cm³/mol. The molecule has 2 aromatic heterocycles. The van der Waals surface area contributed by atoms with Crippen molar-refractivity contribution in [1.29, 1.82) is 0 Å². The highest BCUT2D eigenvalue weighted by Crippen LogP contribution is 2.40. The predicted octanol–water partition coefficient (Wildman–Crippen LogP) is 2.04. The van der Waals surface area contributed by atoms with Crippen molar-refractivity contribution < 1.29 is 9.53 Å². The molecule has 2 atom stereocenters. The van der Waals surface area contributed by atoms with Gasteiger partial charge in [-0.05, 0) is 44.7 Å². The molecule has 1 aliphatic carbocycles. The van der Waals surface area contributed by atoms with Crippen LogP contribution in [0.2, 0.25) is 0 Å². The number of nitrogens with one attached hydrogen (secondary N) is 2. The molecule has 0 spiro atoms. The van der Waals surface area contributed by atoms with Gasteiger partial charge in [0.05, 0.1) is 17.4 Å². The summed E-state index contributed by atoms with van der Waals surface area (Å²) < 4.78 is 5.94. The molecule has 0 bridgehead atoms. The molecule has 2 aliphatic rings. The third-order valence-corrected chi connectivity index (χ3v) is 4.61. The van der Waals surface area contributed by atoms with E-state index >= 15 is 0 Å². The molecule has 1 aliphatic heterocycles. The van der Waals surface area contributed by atoms with Crippen LogP contribution in [-0.4, -0.2) is 38.7 Å². The maximum absolute atomic E-state index is 12.5. The molecule has 2 N–H and O–H groups in total. The highest BCUT2D eigenvalue weighted by Gasteiger charge is 2.31. The lowest BCUT2D eigenvalue weighted by molar-refractivity contribution is 0.0392. The van der Waals surface area contributed by atoms with Gasteiger partial charge >= 0.3 is 0 Å². The van der Waals surface area contributed by atoms with Crippen LogP contribution in [0, 0.1) is 6.92 Å². The van der Waals surface area contributed by atoms with Gasteiger partial charge in [-0.1, -0.05) is 0 Å². The number of nitrogens with zero attached hydrogens (tertiary/aromatic N) is 3. The highest BCUT2D eigenvalue weighted by atomic mass is 16.5. The number of pyridine rings is 1. The van der Waals surface area contributed by atoms with E-state index in [4.69, 9.17) is 4.74 Å². The van der Waals surface area contributed by atoms with Crippen LogP contribution < -0.4 is 5.32 Å². The normalized spacial score (nSPS) is 23.4. The van der Waals surface area contributed by atoms with E-state index in [9.17, 15) is 4.79 Å². The molecule has 0 radical (unpaired) electrons. The molecule has 126 valence electrons. The van der Waals surface area contributed by atoms with Crippen LogP contribution in [0.4, 0.5) is 0 Å². The zero-order valence-electron chi connectivity index (χ0n) is 13.7. The summed E-state index contributed by atoms with van der Waals surface area (Å²) in [5, 5.41) is 9.69. The van der Waals surface area contributed by atoms with Crippen molar-refractivity contribution in [3.05, 3.63) is 41.2 Å². The number of aromatic nitrogens is 4. The number of ether oxygens (including phenoxy) is 1. The van der Waals surface area contributed by atoms with E-state index in [1.807, 2.05) is 19.1 Å². The molecule has 0 aromatic carbocycles. The summed E-state index contributed by atoms with van der Waals surface area (Å²) in [6.07, 6.45) is 5.46. The fourth-order valence-electron chi connectivity index (χ4n) is 3.17. The van der Waals surface area contributed by atoms with Gasteiger partial charge < -0.3 is 10.1 Å². The number of carbonyl (C=O) groups is 1. The van der Waals surface area contributed by atoms with Crippen LogP contribution in [0.15, 0.2) is 18.5 Å². The molecule has 2 aromatic rings. The number of amides is 1. The van der Waals surface area contributed by atoms with Gasteiger partial charge in [0.2, 0.25) is 0 Å². The Labute approximate surface area is 140 Å². The second kappa shape index (κ2) is 6.32. The van der Waals surface area contributed by atoms with Crippen molar-refractivity contribution in [2.45, 2.75) is 50.7 Å². The first kappa shape index (κ1) is 15.3. The topological polar surface area (TPSA) is 92.8 Å². The maximum Gasteiger partial charge on any atom is 0.253 e. The van der Waals surface area contributed by atoms with E-state index < -0.39 is 0 Å². The van der Waals surface area contributed by atoms with Crippen molar-refractivity contribution >= 4 is 5.91 Å². The minimum absolute atomic E-state index is 0.00633. The molecule has 4 rings (SSSR count). The Morgan fingerprint density at radius 1 is 1.33 bits per heavy atom. The van der Waals surface area contributed by atoms with Crippen molar-refractivity contribution in [3.8, 4) is 0 Å². The molecule has 1 amide bonds. The van der Waals surface area contributed by atoms with Crippen molar-refractivity contribution in [3.63, 3.8) is 0 Å². The van der Waals surface area contributed by atoms with E-state index in [0.717, 1.165) is 42.9 Å². The number of hydrogen-bond donors (Lipinski definition) is 2. The Bertz CT molecular complexity index is 727. The summed E-state index contributed by atoms with van der Waals surface area (Å²) in [6, 6.07) is 3.78. The summed E-state index contributed by atoms with van der Waals surface area (Å²) in [5.41, 5.74) is 2.61. The zero-order valence-corrected chi connectivity index (χ0v) is 13.7. The van der Waals surface area contributed by atoms with Crippen molar-refractivity contribution in [2.75, 3.05) is 6.54 Å². The first-order valence-corrected chi connectivity index (χ1v) is 8.47. The van der Waals surface area contributed by atoms with Crippen LogP contribution in [0.3, 0.4) is 0 Å². The lowest BCUT2D eigenvalue weighted by Gasteiger charge is -2.14. The molecular formula is C17H21N5O2. The Morgan fingerprint density at radius 2 is 2.21 bits per heavy atom. The van der Waals surface area contributed by atoms with Gasteiger partial charge in [0.15, 0.2) is 5.82 Å². The molecule has 7 heteroatoms. The first-order chi connectivity index (χ1) is 11.7. The monoisotopic (exact) mass is 327 g/mol. The molecule has 0 unspecified atom stereocenters. The number of hydrogen-bond acceptors (Lipinski definition) is 5. The van der Waals surface area contributed by atoms with Crippen LogP contribution in [0.5, 0.6) is 0 Å². The Morgan fingerprint density at radius 3 is 2.96 bits per heavy atom. The number of aryl methyl sites for hydroxylation is 1. The van der Waals surface area contributed by atoms with Gasteiger partial charge in [0, 0.05) is 18.2 Å². The smallest absolute Gasteiger partial charge is 0.253 e. The third kappa shape index (κ3) is 3.17. The van der Waals surface area contributed by atoms with Crippen LogP contribution in [0.25, 0.3) is 0 Å². The Hall–Kier alpha value is -2.28. The summed E-state index contributed by atoms with van der Waals surface area (Å²) in [6.45, 7) is 2.46. The molecule has 3 heterocycles. The number of H-pyrrole nitrogens is 1. The SMILES string of the molecule is Cc1ccc(C(=O)NC[C@H]2CC[C@@H](c3ncn[nH]3)O2)c(C2CC2)n1. The van der Waals surface area contributed by atoms with Gasteiger partial charge in [-0.15, -0.1) is 0 Å². The zero-order chi connectivity index (χ0) is 16.5. The molecule has 24 heavy (non-hydrogen) atoms. The summed E-state index contributed by atoms with van der Waals surface area (Å²) in [4.78, 5) is 21.2. The van der Waals surface area contributed by atoms with Gasteiger partial charge in [-0.2, -0.15) is 5.10 Å². The van der Waals surface area contributed by atoms with E-state index in [-0.39, 0.29) is 18.1 Å². The third-order valence-electron chi connectivity index (χ3n) is 4.61. The maximum atomic E-state index is 12.5. The molecular weight excluding hydrogens is 306 g/mol. The minimum atomic E-state index is -0.0592. The summed E-state index contributed by atoms with van der Waals surface area (Å²) >= 11 is 0. The Kier molecular flexibility index (Phi) is 4.02. The largest absolute Gasteiger partial charge is 0.365 e. The van der Waals surface area contributed by atoms with Crippen LogP contribution >= 0.6 is 0 Å². The number of rotatable bonds is 5. The lowest BCUT2D eigenvalue weighted by Crippen LogP contribution is -2.32. The van der Waals surface area contributed by atoms with Crippen LogP contribution in [0.1, 0.15) is 65.3 Å². The fourth-order valence-corrected chi connectivity index (χ4v) is 3.17. The quantitative estimate of drug-likeness (QED) is 0.876. The second-order valence-electron chi connectivity index (χ2n) is 6.56. The van der Waals surface area contributed by atoms with Gasteiger partial charge in [0.25, 0.3) is 5.91 Å². The van der Waals surface area contributed by atoms with E-state index in [2.05, 4.69) is 25.5 Å². The fraction of sp³-hybridized carbons (Fsp3) is 0.529. The van der Waals surface area contributed by atoms with Gasteiger partial charge in [-0.25, -0.2) is 4.98 Å². The summed E-state index contributed by atoms with van der Waals surface area (Å²) in [5.74, 6) is 1.14. The molecule has 1 saturated carbocycles. The summed E-state index contributed by atoms with van der Waals surface area (Å²) in [7, 11) is 0. The van der Waals surface area contributed by atoms with Crippen LogP contribution in [-0.2, 0) is 4.74 Å². The van der Waals surface area contributed by atoms with Crippen molar-refractivity contribution in [2.24, 2.45) is 0 Å². The lowest BCUT2D eigenvalue weighted by atomic mass is 10.1.